The van der Waals surface area contributed by atoms with E-state index in [4.69, 9.17) is 0 Å². The predicted octanol–water partition coefficient (Wildman–Crippen LogP) is 0.909. The Bertz CT molecular complexity index is 618. The van der Waals surface area contributed by atoms with Gasteiger partial charge in [-0.15, -0.1) is 5.10 Å². The van der Waals surface area contributed by atoms with Crippen LogP contribution in [0.25, 0.3) is 5.69 Å². The zero-order valence-corrected chi connectivity index (χ0v) is 11.9. The van der Waals surface area contributed by atoms with Gasteiger partial charge in [0, 0.05) is 12.2 Å². The summed E-state index contributed by atoms with van der Waals surface area (Å²) in [5, 5.41) is 17.4. The molecule has 7 heteroatoms. The van der Waals surface area contributed by atoms with Crippen LogP contribution in [0.5, 0.6) is 0 Å². The third-order valence-electron chi connectivity index (χ3n) is 3.76. The number of hydrogen-bond acceptors (Lipinski definition) is 5. The fourth-order valence-corrected chi connectivity index (χ4v) is 2.48. The highest BCUT2D eigenvalue weighted by Crippen LogP contribution is 2.21. The van der Waals surface area contributed by atoms with Crippen LogP contribution in [-0.2, 0) is 4.79 Å². The molecule has 0 saturated carbocycles. The molecule has 1 aromatic carbocycles. The van der Waals surface area contributed by atoms with Gasteiger partial charge in [0.1, 0.15) is 6.33 Å². The summed E-state index contributed by atoms with van der Waals surface area (Å²) in [5.74, 6) is 0.106. The molecule has 3 rings (SSSR count). The number of nitrogens with one attached hydrogen (secondary N) is 2. The maximum absolute atomic E-state index is 12.3. The highest BCUT2D eigenvalue weighted by Gasteiger charge is 2.21. The predicted molar refractivity (Wildman–Crippen MR) is 78.1 cm³/mol. The van der Waals surface area contributed by atoms with Crippen LogP contribution in [0, 0.1) is 12.8 Å². The van der Waals surface area contributed by atoms with E-state index in [9.17, 15) is 4.79 Å². The summed E-state index contributed by atoms with van der Waals surface area (Å²) in [5.41, 5.74) is 2.64. The lowest BCUT2D eigenvalue weighted by Gasteiger charge is -2.22. The van der Waals surface area contributed by atoms with E-state index in [0.29, 0.717) is 0 Å². The topological polar surface area (TPSA) is 84.7 Å². The molecule has 7 nitrogen and oxygen atoms in total. The minimum Gasteiger partial charge on any atom is -0.325 e. The van der Waals surface area contributed by atoms with Crippen LogP contribution in [0.1, 0.15) is 18.4 Å². The fraction of sp³-hybridized carbons (Fsp3) is 0.429. The summed E-state index contributed by atoms with van der Waals surface area (Å²) in [7, 11) is 0. The molecule has 1 aromatic heterocycles. The standard InChI is InChI=1S/C14H18N6O/c1-10-4-5-12(20-9-16-18-19-20)7-13(10)17-14(21)11-3-2-6-15-8-11/h4-5,7,9,11,15H,2-3,6,8H2,1H3,(H,17,21)/t11-/m1/s1. The van der Waals surface area contributed by atoms with Gasteiger partial charge in [-0.3, -0.25) is 4.79 Å². The first kappa shape index (κ1) is 13.7. The summed E-state index contributed by atoms with van der Waals surface area (Å²) in [6.07, 6.45) is 3.51. The van der Waals surface area contributed by atoms with Gasteiger partial charge in [-0.05, 0) is 54.4 Å². The zero-order valence-electron chi connectivity index (χ0n) is 11.9. The Hall–Kier alpha value is -2.28. The molecule has 21 heavy (non-hydrogen) atoms. The molecule has 110 valence electrons. The highest BCUT2D eigenvalue weighted by molar-refractivity contribution is 5.93. The molecule has 0 radical (unpaired) electrons. The summed E-state index contributed by atoms with van der Waals surface area (Å²) >= 11 is 0. The highest BCUT2D eigenvalue weighted by atomic mass is 16.1. The molecule has 0 bridgehead atoms. The third kappa shape index (κ3) is 3.08. The van der Waals surface area contributed by atoms with Crippen LogP contribution in [-0.4, -0.2) is 39.2 Å². The largest absolute Gasteiger partial charge is 0.325 e. The summed E-state index contributed by atoms with van der Waals surface area (Å²) in [6.45, 7) is 3.72. The Morgan fingerprint density at radius 1 is 1.48 bits per heavy atom. The van der Waals surface area contributed by atoms with Crippen LogP contribution in [0.2, 0.25) is 0 Å². The molecule has 0 aliphatic carbocycles. The normalized spacial score (nSPS) is 18.4. The Morgan fingerprint density at radius 3 is 3.10 bits per heavy atom. The molecule has 1 atom stereocenters. The van der Waals surface area contributed by atoms with E-state index in [1.807, 2.05) is 25.1 Å². The number of amides is 1. The average molecular weight is 286 g/mol. The number of anilines is 1. The molecule has 2 aromatic rings. The van der Waals surface area contributed by atoms with E-state index < -0.39 is 0 Å². The Kier molecular flexibility index (Phi) is 3.92. The van der Waals surface area contributed by atoms with Gasteiger partial charge in [-0.1, -0.05) is 6.07 Å². The van der Waals surface area contributed by atoms with Crippen molar-refractivity contribution in [2.45, 2.75) is 19.8 Å². The first-order valence-electron chi connectivity index (χ1n) is 7.09. The first-order valence-corrected chi connectivity index (χ1v) is 7.09. The van der Waals surface area contributed by atoms with E-state index in [1.54, 1.807) is 4.68 Å². The number of aromatic nitrogens is 4. The number of aryl methyl sites for hydroxylation is 1. The van der Waals surface area contributed by atoms with E-state index in [0.717, 1.165) is 42.9 Å². The monoisotopic (exact) mass is 286 g/mol. The smallest absolute Gasteiger partial charge is 0.228 e. The van der Waals surface area contributed by atoms with Gasteiger partial charge in [-0.25, -0.2) is 4.68 Å². The first-order chi connectivity index (χ1) is 10.2. The molecule has 1 fully saturated rings. The van der Waals surface area contributed by atoms with E-state index >= 15 is 0 Å². The van der Waals surface area contributed by atoms with Crippen molar-refractivity contribution in [2.75, 3.05) is 18.4 Å². The summed E-state index contributed by atoms with van der Waals surface area (Å²) in [6, 6.07) is 5.76. The van der Waals surface area contributed by atoms with Gasteiger partial charge in [0.15, 0.2) is 0 Å². The van der Waals surface area contributed by atoms with Crippen molar-refractivity contribution < 1.29 is 4.79 Å². The van der Waals surface area contributed by atoms with Crippen molar-refractivity contribution in [3.63, 3.8) is 0 Å². The minimum atomic E-state index is 0.0369. The van der Waals surface area contributed by atoms with Gasteiger partial charge in [0.05, 0.1) is 11.6 Å². The lowest BCUT2D eigenvalue weighted by Crippen LogP contribution is -2.37. The molecular weight excluding hydrogens is 268 g/mol. The molecular formula is C14H18N6O. The zero-order chi connectivity index (χ0) is 14.7. The fourth-order valence-electron chi connectivity index (χ4n) is 2.48. The number of benzene rings is 1. The summed E-state index contributed by atoms with van der Waals surface area (Å²) in [4.78, 5) is 12.3. The van der Waals surface area contributed by atoms with E-state index in [2.05, 4.69) is 26.2 Å². The van der Waals surface area contributed by atoms with Crippen molar-refractivity contribution in [1.82, 2.24) is 25.5 Å². The SMILES string of the molecule is Cc1ccc(-n2cnnn2)cc1NC(=O)[C@@H]1CCCNC1. The van der Waals surface area contributed by atoms with Crippen LogP contribution in [0.15, 0.2) is 24.5 Å². The third-order valence-corrected chi connectivity index (χ3v) is 3.76. The number of nitrogens with zero attached hydrogens (tertiary/aromatic N) is 4. The van der Waals surface area contributed by atoms with Crippen molar-refractivity contribution in [3.05, 3.63) is 30.1 Å². The van der Waals surface area contributed by atoms with E-state index in [-0.39, 0.29) is 11.8 Å². The van der Waals surface area contributed by atoms with Crippen molar-refractivity contribution >= 4 is 11.6 Å². The maximum atomic E-state index is 12.3. The van der Waals surface area contributed by atoms with Crippen LogP contribution in [0.3, 0.4) is 0 Å². The number of hydrogen-bond donors (Lipinski definition) is 2. The van der Waals surface area contributed by atoms with Crippen LogP contribution in [0.4, 0.5) is 5.69 Å². The molecule has 1 saturated heterocycles. The molecule has 2 N–H and O–H groups in total. The lowest BCUT2D eigenvalue weighted by molar-refractivity contribution is -0.120. The molecule has 1 aliphatic heterocycles. The molecule has 1 aliphatic rings. The molecule has 2 heterocycles. The van der Waals surface area contributed by atoms with Crippen molar-refractivity contribution in [1.29, 1.82) is 0 Å². The van der Waals surface area contributed by atoms with Gasteiger partial charge in [0.2, 0.25) is 5.91 Å². The Morgan fingerprint density at radius 2 is 2.38 bits per heavy atom. The second kappa shape index (κ2) is 6.01. The van der Waals surface area contributed by atoms with Crippen molar-refractivity contribution in [2.24, 2.45) is 5.92 Å². The number of carbonyl (C=O) groups excluding carboxylic acids is 1. The van der Waals surface area contributed by atoms with Crippen molar-refractivity contribution in [3.8, 4) is 5.69 Å². The minimum absolute atomic E-state index is 0.0369. The Labute approximate surface area is 122 Å². The van der Waals surface area contributed by atoms with Crippen LogP contribution >= 0.6 is 0 Å². The molecule has 1 amide bonds. The Balaban J connectivity index is 1.78. The van der Waals surface area contributed by atoms with E-state index in [1.165, 1.54) is 6.33 Å². The maximum Gasteiger partial charge on any atom is 0.228 e. The number of tetrazole rings is 1. The molecule has 0 spiro atoms. The second-order valence-electron chi connectivity index (χ2n) is 5.29. The number of piperidine rings is 1. The van der Waals surface area contributed by atoms with Gasteiger partial charge in [-0.2, -0.15) is 0 Å². The summed E-state index contributed by atoms with van der Waals surface area (Å²) < 4.78 is 1.57. The second-order valence-corrected chi connectivity index (χ2v) is 5.29. The van der Waals surface area contributed by atoms with Gasteiger partial charge in [0.25, 0.3) is 0 Å². The quantitative estimate of drug-likeness (QED) is 0.876. The molecule has 0 unspecified atom stereocenters. The lowest BCUT2D eigenvalue weighted by atomic mass is 9.98. The number of rotatable bonds is 3. The average Bonchev–Trinajstić information content (AvgIpc) is 3.04. The van der Waals surface area contributed by atoms with Crippen LogP contribution < -0.4 is 10.6 Å². The van der Waals surface area contributed by atoms with Gasteiger partial charge >= 0.3 is 0 Å². The number of carbonyl (C=O) groups is 1. The van der Waals surface area contributed by atoms with Gasteiger partial charge < -0.3 is 10.6 Å².